The van der Waals surface area contributed by atoms with E-state index in [2.05, 4.69) is 29.4 Å². The molecule has 0 saturated heterocycles. The maximum atomic E-state index is 14.3. The molecule has 0 fully saturated rings. The number of carbonyl (C=O) groups is 3. The minimum atomic E-state index is -0.762. The molecule has 0 aromatic heterocycles. The number of amides is 4. The molecule has 0 spiro atoms. The highest BCUT2D eigenvalue weighted by Crippen LogP contribution is 2.38. The molecule has 0 radical (unpaired) electrons. The molecule has 9 nitrogen and oxygen atoms in total. The molecule has 0 saturated carbocycles. The lowest BCUT2D eigenvalue weighted by Crippen LogP contribution is -2.52. The molecular weight excluding hydrogens is 554 g/mol. The van der Waals surface area contributed by atoms with Crippen LogP contribution in [0.15, 0.2) is 96.2 Å². The topological polar surface area (TPSA) is 94.2 Å². The lowest BCUT2D eigenvalue weighted by molar-refractivity contribution is -0.136. The van der Waals surface area contributed by atoms with Crippen LogP contribution in [0.5, 0.6) is 11.5 Å². The molecule has 5 rings (SSSR count). The molecule has 0 unspecified atom stereocenters. The average Bonchev–Trinajstić information content (AvgIpc) is 3.34. The second kappa shape index (κ2) is 12.9. The average molecular weight is 596 g/mol. The first-order valence-electron chi connectivity index (χ1n) is 14.9. The molecule has 0 bridgehead atoms. The van der Waals surface area contributed by atoms with E-state index in [-0.39, 0.29) is 29.8 Å². The number of para-hydroxylation sites is 1. The summed E-state index contributed by atoms with van der Waals surface area (Å²) in [7, 11) is 5.67. The minimum absolute atomic E-state index is 0.154. The fourth-order valence-electron chi connectivity index (χ4n) is 6.01. The maximum Gasteiger partial charge on any atom is 0.322 e. The summed E-state index contributed by atoms with van der Waals surface area (Å²) in [5.74, 6) is 0.789. The normalized spacial score (nSPS) is 17.5. The van der Waals surface area contributed by atoms with Gasteiger partial charge in [0.15, 0.2) is 0 Å². The van der Waals surface area contributed by atoms with Gasteiger partial charge in [0.1, 0.15) is 17.5 Å². The highest BCUT2D eigenvalue weighted by molar-refractivity contribution is 6.03. The van der Waals surface area contributed by atoms with E-state index in [1.807, 2.05) is 99.0 Å². The first-order chi connectivity index (χ1) is 21.0. The van der Waals surface area contributed by atoms with Crippen molar-refractivity contribution in [1.29, 1.82) is 0 Å². The number of nitrogens with one attached hydrogen (secondary N) is 2. The van der Waals surface area contributed by atoms with Crippen molar-refractivity contribution >= 4 is 17.8 Å². The Bertz CT molecular complexity index is 1540. The summed E-state index contributed by atoms with van der Waals surface area (Å²) in [5, 5.41) is 6.13. The van der Waals surface area contributed by atoms with Crippen molar-refractivity contribution in [3.8, 4) is 11.5 Å². The van der Waals surface area contributed by atoms with E-state index in [1.54, 1.807) is 11.9 Å². The van der Waals surface area contributed by atoms with E-state index in [9.17, 15) is 14.4 Å². The van der Waals surface area contributed by atoms with Gasteiger partial charge in [-0.3, -0.25) is 14.5 Å². The predicted octanol–water partition coefficient (Wildman–Crippen LogP) is 4.59. The van der Waals surface area contributed by atoms with Crippen LogP contribution in [0.25, 0.3) is 0 Å². The van der Waals surface area contributed by atoms with Crippen LogP contribution in [-0.4, -0.2) is 79.4 Å². The number of ether oxygens (including phenoxy) is 1. The van der Waals surface area contributed by atoms with Gasteiger partial charge in [0.05, 0.1) is 23.9 Å². The van der Waals surface area contributed by atoms with E-state index in [4.69, 9.17) is 4.74 Å². The number of carbonyl (C=O) groups excluding carboxylic acids is 3. The highest BCUT2D eigenvalue weighted by Gasteiger charge is 2.46. The molecule has 0 aliphatic carbocycles. The molecule has 3 aromatic carbocycles. The molecule has 9 heteroatoms. The summed E-state index contributed by atoms with van der Waals surface area (Å²) in [5.41, 5.74) is 2.55. The number of benzene rings is 3. The summed E-state index contributed by atoms with van der Waals surface area (Å²) < 4.78 is 6.04. The number of nitrogens with zero attached hydrogens (tertiary/aromatic N) is 3. The predicted molar refractivity (Wildman–Crippen MR) is 170 cm³/mol. The second-order valence-electron chi connectivity index (χ2n) is 12.5. The van der Waals surface area contributed by atoms with Gasteiger partial charge in [0, 0.05) is 26.6 Å². The highest BCUT2D eigenvalue weighted by atomic mass is 16.5. The summed E-state index contributed by atoms with van der Waals surface area (Å²) >= 11 is 0. The van der Waals surface area contributed by atoms with Crippen molar-refractivity contribution in [1.82, 2.24) is 25.3 Å². The fraction of sp³-hybridized carbons (Fsp3) is 0.343. The quantitative estimate of drug-likeness (QED) is 0.338. The van der Waals surface area contributed by atoms with Crippen molar-refractivity contribution in [2.45, 2.75) is 32.4 Å². The standard InChI is InChI=1S/C35H41N5O4/c1-35(2,23-38(3)4)22-36-32(41)28(19-24-13-8-6-9-14-24)40-21-29-30(33(40)42)31(37-34(43)39(29)5)25-15-12-18-27(20-25)44-26-16-10-7-11-17-26/h6-18,20,28,31H,19,21-23H2,1-5H3,(H,36,41)(H,37,43)/t28-,31-/m1/s1. The van der Waals surface area contributed by atoms with Crippen molar-refractivity contribution < 1.29 is 19.1 Å². The van der Waals surface area contributed by atoms with Crippen LogP contribution >= 0.6 is 0 Å². The van der Waals surface area contributed by atoms with Gasteiger partial charge in [0.2, 0.25) is 5.91 Å². The Kier molecular flexibility index (Phi) is 9.06. The monoisotopic (exact) mass is 595 g/mol. The Morgan fingerprint density at radius 1 is 1.00 bits per heavy atom. The Labute approximate surface area is 259 Å². The van der Waals surface area contributed by atoms with Gasteiger partial charge >= 0.3 is 6.03 Å². The number of likely N-dealkylation sites (N-methyl/N-ethyl adjacent to an activating group) is 1. The van der Waals surface area contributed by atoms with Crippen molar-refractivity contribution in [2.75, 3.05) is 40.8 Å². The zero-order valence-electron chi connectivity index (χ0n) is 26.0. The SMILES string of the molecule is CN(C)CC(C)(C)CNC(=O)[C@@H](Cc1ccccc1)N1CC2=C(C1=O)[C@@H](c1cccc(Oc3ccccc3)c1)NC(=O)N2C. The largest absolute Gasteiger partial charge is 0.457 e. The van der Waals surface area contributed by atoms with Crippen molar-refractivity contribution in [3.05, 3.63) is 107 Å². The van der Waals surface area contributed by atoms with Gasteiger partial charge < -0.3 is 25.2 Å². The molecule has 2 aliphatic rings. The first-order valence-corrected chi connectivity index (χ1v) is 14.9. The number of hydrogen-bond acceptors (Lipinski definition) is 5. The van der Waals surface area contributed by atoms with E-state index in [0.717, 1.165) is 17.7 Å². The lowest BCUT2D eigenvalue weighted by atomic mass is 9.92. The minimum Gasteiger partial charge on any atom is -0.457 e. The van der Waals surface area contributed by atoms with Gasteiger partial charge in [-0.05, 0) is 54.9 Å². The summed E-state index contributed by atoms with van der Waals surface area (Å²) in [6.07, 6.45) is 0.350. The molecule has 230 valence electrons. The van der Waals surface area contributed by atoms with Crippen molar-refractivity contribution in [3.63, 3.8) is 0 Å². The Morgan fingerprint density at radius 2 is 1.66 bits per heavy atom. The Morgan fingerprint density at radius 3 is 2.34 bits per heavy atom. The van der Waals surface area contributed by atoms with Crippen LogP contribution in [-0.2, 0) is 16.0 Å². The molecule has 2 aliphatic heterocycles. The lowest BCUT2D eigenvalue weighted by Gasteiger charge is -2.32. The van der Waals surface area contributed by atoms with Gasteiger partial charge in [-0.1, -0.05) is 74.5 Å². The van der Waals surface area contributed by atoms with Crippen LogP contribution in [0.2, 0.25) is 0 Å². The molecule has 2 N–H and O–H groups in total. The third-order valence-electron chi connectivity index (χ3n) is 7.99. The third-order valence-corrected chi connectivity index (χ3v) is 7.99. The van der Waals surface area contributed by atoms with Crippen LogP contribution in [0.3, 0.4) is 0 Å². The maximum absolute atomic E-state index is 14.3. The summed E-state index contributed by atoms with van der Waals surface area (Å²) in [4.78, 5) is 46.5. The second-order valence-corrected chi connectivity index (χ2v) is 12.5. The molecule has 2 heterocycles. The van der Waals surface area contributed by atoms with E-state index in [1.165, 1.54) is 4.90 Å². The zero-order valence-corrected chi connectivity index (χ0v) is 26.0. The van der Waals surface area contributed by atoms with E-state index < -0.39 is 12.1 Å². The molecular formula is C35H41N5O4. The van der Waals surface area contributed by atoms with E-state index in [0.29, 0.717) is 35.7 Å². The van der Waals surface area contributed by atoms with Gasteiger partial charge in [-0.2, -0.15) is 0 Å². The van der Waals surface area contributed by atoms with Gasteiger partial charge in [0.25, 0.3) is 5.91 Å². The zero-order chi connectivity index (χ0) is 31.4. The van der Waals surface area contributed by atoms with Crippen LogP contribution < -0.4 is 15.4 Å². The third kappa shape index (κ3) is 6.94. The van der Waals surface area contributed by atoms with Crippen LogP contribution in [0.1, 0.15) is 31.0 Å². The van der Waals surface area contributed by atoms with Gasteiger partial charge in [-0.15, -0.1) is 0 Å². The number of hydrogen-bond donors (Lipinski definition) is 2. The van der Waals surface area contributed by atoms with Crippen LogP contribution in [0.4, 0.5) is 4.79 Å². The molecule has 44 heavy (non-hydrogen) atoms. The van der Waals surface area contributed by atoms with E-state index >= 15 is 0 Å². The van der Waals surface area contributed by atoms with Crippen LogP contribution in [0, 0.1) is 5.41 Å². The van der Waals surface area contributed by atoms with Crippen molar-refractivity contribution in [2.24, 2.45) is 5.41 Å². The number of urea groups is 1. The Balaban J connectivity index is 1.43. The Hall–Kier alpha value is -4.63. The number of rotatable bonds is 11. The van der Waals surface area contributed by atoms with Gasteiger partial charge in [-0.25, -0.2) is 4.79 Å². The molecule has 4 amide bonds. The first kappa shape index (κ1) is 30.8. The fourth-order valence-corrected chi connectivity index (χ4v) is 6.01. The molecule has 2 atom stereocenters. The smallest absolute Gasteiger partial charge is 0.322 e. The molecule has 3 aromatic rings. The summed E-state index contributed by atoms with van der Waals surface area (Å²) in [6.45, 7) is 5.62. The summed E-state index contributed by atoms with van der Waals surface area (Å²) in [6, 6.07) is 24.8.